The van der Waals surface area contributed by atoms with Gasteiger partial charge in [-0.15, -0.1) is 0 Å². The Bertz CT molecular complexity index is 298. The minimum absolute atomic E-state index is 0.0480. The number of hydrogen-bond donors (Lipinski definition) is 3. The number of Topliss-reactive ketones (excluding diaryl/α,β-unsaturated/α-hetero) is 1. The van der Waals surface area contributed by atoms with E-state index in [1.165, 1.54) is 12.7 Å². The zero-order valence-electron chi connectivity index (χ0n) is 6.45. The number of ketones is 1. The Kier molecular flexibility index (Phi) is 3.57. The molecule has 0 N–H and O–H groups in total. The van der Waals surface area contributed by atoms with Gasteiger partial charge in [-0.2, -0.15) is 37.9 Å². The van der Waals surface area contributed by atoms with Gasteiger partial charge in [-0.3, -0.25) is 4.79 Å². The molecule has 4 nitrogen and oxygen atoms in total. The number of hydrogen-bond acceptors (Lipinski definition) is 7. The predicted octanol–water partition coefficient (Wildman–Crippen LogP) is 0.888. The molecule has 0 aliphatic rings. The molecule has 1 rings (SSSR count). The fourth-order valence-electron chi connectivity index (χ4n) is 0.678. The van der Waals surface area contributed by atoms with Crippen molar-refractivity contribution in [2.24, 2.45) is 0 Å². The van der Waals surface area contributed by atoms with E-state index in [9.17, 15) is 4.79 Å². The molecule has 0 saturated heterocycles. The van der Waals surface area contributed by atoms with E-state index in [1.807, 2.05) is 0 Å². The number of nitrogens with zero attached hydrogens (tertiary/aromatic N) is 3. The molecule has 0 aromatic carbocycles. The van der Waals surface area contributed by atoms with Crippen molar-refractivity contribution in [3.8, 4) is 0 Å². The van der Waals surface area contributed by atoms with E-state index in [1.54, 1.807) is 0 Å². The number of thiol groups is 3. The lowest BCUT2D eigenvalue weighted by Crippen LogP contribution is -2.14. The first kappa shape index (κ1) is 10.8. The van der Waals surface area contributed by atoms with E-state index in [-0.39, 0.29) is 18.0 Å². The molecule has 0 unspecified atom stereocenters. The second kappa shape index (κ2) is 4.30. The van der Waals surface area contributed by atoms with Crippen LogP contribution in [0.15, 0.2) is 12.7 Å². The third kappa shape index (κ3) is 3.97. The summed E-state index contributed by atoms with van der Waals surface area (Å²) in [6.45, 7) is 0. The molecule has 1 aromatic heterocycles. The van der Waals surface area contributed by atoms with Crippen LogP contribution in [0.25, 0.3) is 0 Å². The summed E-state index contributed by atoms with van der Waals surface area (Å²) in [7, 11) is 0. The van der Waals surface area contributed by atoms with Gasteiger partial charge < -0.3 is 0 Å². The van der Waals surface area contributed by atoms with Crippen LogP contribution in [0.1, 0.15) is 17.0 Å². The van der Waals surface area contributed by atoms with E-state index >= 15 is 0 Å². The molecule has 70 valence electrons. The zero-order valence-corrected chi connectivity index (χ0v) is 9.14. The number of carbonyl (C=O) groups excluding carboxylic acids is 1. The molecule has 0 atom stereocenters. The monoisotopic (exact) mass is 233 g/mol. The minimum atomic E-state index is -0.941. The van der Waals surface area contributed by atoms with Crippen molar-refractivity contribution in [2.45, 2.75) is 9.83 Å². The standard InChI is InChI=1S/C6H7N3OS3/c10-4(1-6(11,12)13)5-8-2-7-3-9-5/h2-3,11-13H,1H2. The van der Waals surface area contributed by atoms with Crippen molar-refractivity contribution in [3.63, 3.8) is 0 Å². The summed E-state index contributed by atoms with van der Waals surface area (Å²) in [5.41, 5.74) is 0. The normalized spacial score (nSPS) is 11.3. The van der Waals surface area contributed by atoms with Crippen molar-refractivity contribution < 1.29 is 4.79 Å². The van der Waals surface area contributed by atoms with E-state index < -0.39 is 3.41 Å². The molecule has 0 spiro atoms. The first-order valence-corrected chi connectivity index (χ1v) is 4.65. The first-order valence-electron chi connectivity index (χ1n) is 3.31. The predicted molar refractivity (Wildman–Crippen MR) is 58.5 cm³/mol. The summed E-state index contributed by atoms with van der Waals surface area (Å²) in [5.74, 6) is -0.154. The summed E-state index contributed by atoms with van der Waals surface area (Å²) in [5, 5.41) is 0. The maximum absolute atomic E-state index is 11.4. The smallest absolute Gasteiger partial charge is 0.203 e. The summed E-state index contributed by atoms with van der Waals surface area (Å²) in [6, 6.07) is 0. The molecule has 1 heterocycles. The fourth-order valence-corrected chi connectivity index (χ4v) is 1.11. The first-order chi connectivity index (χ1) is 5.99. The van der Waals surface area contributed by atoms with Crippen molar-refractivity contribution >= 4 is 43.7 Å². The quantitative estimate of drug-likeness (QED) is 0.412. The average molecular weight is 233 g/mol. The number of rotatable bonds is 3. The van der Waals surface area contributed by atoms with Gasteiger partial charge in [-0.25, -0.2) is 15.0 Å². The van der Waals surface area contributed by atoms with Gasteiger partial charge in [0, 0.05) is 6.42 Å². The molecule has 0 radical (unpaired) electrons. The van der Waals surface area contributed by atoms with E-state index in [2.05, 4.69) is 52.8 Å². The van der Waals surface area contributed by atoms with Crippen LogP contribution in [0.3, 0.4) is 0 Å². The summed E-state index contributed by atoms with van der Waals surface area (Å²) < 4.78 is -0.941. The molecule has 13 heavy (non-hydrogen) atoms. The van der Waals surface area contributed by atoms with Crippen LogP contribution in [0.5, 0.6) is 0 Å². The largest absolute Gasteiger partial charge is 0.291 e. The zero-order chi connectivity index (χ0) is 9.90. The van der Waals surface area contributed by atoms with Gasteiger partial charge in [0.05, 0.1) is 0 Å². The molecular formula is C6H7N3OS3. The molecular weight excluding hydrogens is 226 g/mol. The Morgan fingerprint density at radius 3 is 2.31 bits per heavy atom. The lowest BCUT2D eigenvalue weighted by atomic mass is 10.3. The number of aromatic nitrogens is 3. The second-order valence-electron chi connectivity index (χ2n) is 2.34. The van der Waals surface area contributed by atoms with Gasteiger partial charge in [0.1, 0.15) is 16.1 Å². The number of carbonyl (C=O) groups is 1. The highest BCUT2D eigenvalue weighted by atomic mass is 32.2. The van der Waals surface area contributed by atoms with E-state index in [0.717, 1.165) is 0 Å². The highest BCUT2D eigenvalue weighted by Crippen LogP contribution is 2.29. The molecule has 7 heteroatoms. The molecule has 0 aliphatic carbocycles. The van der Waals surface area contributed by atoms with Gasteiger partial charge in [0.2, 0.25) is 5.78 Å². The van der Waals surface area contributed by atoms with Crippen LogP contribution >= 0.6 is 37.9 Å². The summed E-state index contributed by atoms with van der Waals surface area (Å²) >= 11 is 11.9. The average Bonchev–Trinajstić information content (AvgIpc) is 2.03. The highest BCUT2D eigenvalue weighted by Gasteiger charge is 2.21. The molecule has 0 bridgehead atoms. The molecule has 0 fully saturated rings. The lowest BCUT2D eigenvalue weighted by molar-refractivity contribution is 0.0975. The van der Waals surface area contributed by atoms with Crippen LogP contribution < -0.4 is 0 Å². The summed E-state index contributed by atoms with van der Waals surface area (Å²) in [4.78, 5) is 22.3. The van der Waals surface area contributed by atoms with Gasteiger partial charge >= 0.3 is 0 Å². The second-order valence-corrected chi connectivity index (χ2v) is 5.68. The third-order valence-corrected chi connectivity index (χ3v) is 1.61. The topological polar surface area (TPSA) is 55.7 Å². The highest BCUT2D eigenvalue weighted by molar-refractivity contribution is 8.17. The Balaban J connectivity index is 2.71. The van der Waals surface area contributed by atoms with Crippen molar-refractivity contribution in [1.29, 1.82) is 0 Å². The van der Waals surface area contributed by atoms with Crippen LogP contribution in [0.4, 0.5) is 0 Å². The lowest BCUT2D eigenvalue weighted by Gasteiger charge is -2.12. The maximum atomic E-state index is 11.4. The van der Waals surface area contributed by atoms with Crippen LogP contribution in [0.2, 0.25) is 0 Å². The Hall–Kier alpha value is -0.270. The maximum Gasteiger partial charge on any atom is 0.203 e. The third-order valence-electron chi connectivity index (χ3n) is 1.14. The van der Waals surface area contributed by atoms with Gasteiger partial charge in [-0.05, 0) is 0 Å². The van der Waals surface area contributed by atoms with Gasteiger partial charge in [0.25, 0.3) is 0 Å². The van der Waals surface area contributed by atoms with Gasteiger partial charge in [-0.1, -0.05) is 0 Å². The molecule has 1 aromatic rings. The van der Waals surface area contributed by atoms with Crippen LogP contribution in [-0.4, -0.2) is 24.1 Å². The fraction of sp³-hybridized carbons (Fsp3) is 0.333. The van der Waals surface area contributed by atoms with Crippen molar-refractivity contribution in [2.75, 3.05) is 0 Å². The van der Waals surface area contributed by atoms with Crippen molar-refractivity contribution in [3.05, 3.63) is 18.5 Å². The minimum Gasteiger partial charge on any atom is -0.291 e. The Labute approximate surface area is 91.8 Å². The molecule has 0 saturated carbocycles. The van der Waals surface area contributed by atoms with Crippen LogP contribution in [-0.2, 0) is 0 Å². The molecule has 0 aliphatic heterocycles. The SMILES string of the molecule is O=C(CC(S)(S)S)c1ncncn1. The Morgan fingerprint density at radius 1 is 1.31 bits per heavy atom. The Morgan fingerprint density at radius 2 is 1.85 bits per heavy atom. The molecule has 0 amide bonds. The summed E-state index contributed by atoms with van der Waals surface area (Å²) in [6.07, 6.45) is 2.57. The van der Waals surface area contributed by atoms with Crippen LogP contribution in [0, 0.1) is 0 Å². The van der Waals surface area contributed by atoms with Crippen molar-refractivity contribution in [1.82, 2.24) is 15.0 Å². The van der Waals surface area contributed by atoms with Gasteiger partial charge in [0.15, 0.2) is 5.82 Å². The van der Waals surface area contributed by atoms with E-state index in [4.69, 9.17) is 0 Å². The van der Waals surface area contributed by atoms with E-state index in [0.29, 0.717) is 0 Å².